The Morgan fingerprint density at radius 2 is 2.00 bits per heavy atom. The summed E-state index contributed by atoms with van der Waals surface area (Å²) in [6, 6.07) is 0. The molecule has 2 heterocycles. The smallest absolute Gasteiger partial charge is 0.274 e. The monoisotopic (exact) mass is 277 g/mol. The minimum atomic E-state index is -0.0810. The lowest BCUT2D eigenvalue weighted by atomic mass is 10.2. The first-order valence-corrected chi connectivity index (χ1v) is 7.17. The zero-order valence-corrected chi connectivity index (χ0v) is 12.5. The van der Waals surface area contributed by atoms with E-state index in [2.05, 4.69) is 21.8 Å². The molecule has 0 radical (unpaired) electrons. The summed E-state index contributed by atoms with van der Waals surface area (Å²) in [5.74, 6) is 0.761. The zero-order chi connectivity index (χ0) is 14.7. The molecule has 0 unspecified atom stereocenters. The summed E-state index contributed by atoms with van der Waals surface area (Å²) in [6.45, 7) is 10.4. The first-order chi connectivity index (χ1) is 9.52. The van der Waals surface area contributed by atoms with E-state index >= 15 is 0 Å². The number of nitrogen functional groups attached to an aromatic ring is 1. The predicted octanol–water partition coefficient (Wildman–Crippen LogP) is 0.960. The van der Waals surface area contributed by atoms with Crippen molar-refractivity contribution >= 4 is 11.6 Å². The molecule has 20 heavy (non-hydrogen) atoms. The molecule has 6 nitrogen and oxygen atoms in total. The van der Waals surface area contributed by atoms with Crippen LogP contribution in [0.5, 0.6) is 0 Å². The van der Waals surface area contributed by atoms with Crippen molar-refractivity contribution < 1.29 is 4.79 Å². The Balaban J connectivity index is 2.15. The fourth-order valence-electron chi connectivity index (χ4n) is 2.27. The van der Waals surface area contributed by atoms with Gasteiger partial charge in [0.05, 0.1) is 11.9 Å². The van der Waals surface area contributed by atoms with Crippen LogP contribution in [0.15, 0.2) is 6.20 Å². The van der Waals surface area contributed by atoms with Gasteiger partial charge in [0.15, 0.2) is 5.69 Å². The van der Waals surface area contributed by atoms with Gasteiger partial charge in [0, 0.05) is 32.1 Å². The lowest BCUT2D eigenvalue weighted by Gasteiger charge is -2.34. The highest BCUT2D eigenvalue weighted by Gasteiger charge is 2.24. The number of amides is 1. The van der Waals surface area contributed by atoms with Crippen molar-refractivity contribution in [3.05, 3.63) is 17.7 Å². The van der Waals surface area contributed by atoms with Crippen LogP contribution < -0.4 is 5.73 Å². The molecule has 0 aromatic carbocycles. The van der Waals surface area contributed by atoms with Gasteiger partial charge in [-0.25, -0.2) is 9.97 Å². The second-order valence-corrected chi connectivity index (χ2v) is 5.41. The summed E-state index contributed by atoms with van der Waals surface area (Å²) >= 11 is 0. The summed E-state index contributed by atoms with van der Waals surface area (Å²) in [5.41, 5.74) is 6.57. The van der Waals surface area contributed by atoms with Crippen LogP contribution in [0.2, 0.25) is 0 Å². The molecule has 0 bridgehead atoms. The molecule has 110 valence electrons. The number of piperazine rings is 1. The quantitative estimate of drug-likeness (QED) is 0.890. The summed E-state index contributed by atoms with van der Waals surface area (Å²) in [4.78, 5) is 25.2. The fraction of sp³-hybridized carbons (Fsp3) is 0.643. The van der Waals surface area contributed by atoms with Gasteiger partial charge in [-0.1, -0.05) is 20.8 Å². The molecule has 1 fully saturated rings. The number of carbonyl (C=O) groups excluding carboxylic acids is 1. The first kappa shape index (κ1) is 14.7. The largest absolute Gasteiger partial charge is 0.396 e. The summed E-state index contributed by atoms with van der Waals surface area (Å²) < 4.78 is 0. The molecule has 0 saturated carbocycles. The highest BCUT2D eigenvalue weighted by atomic mass is 16.2. The van der Waals surface area contributed by atoms with Gasteiger partial charge in [0.2, 0.25) is 0 Å². The van der Waals surface area contributed by atoms with Gasteiger partial charge in [0.25, 0.3) is 5.91 Å². The van der Waals surface area contributed by atoms with E-state index in [4.69, 9.17) is 5.73 Å². The van der Waals surface area contributed by atoms with E-state index in [9.17, 15) is 4.79 Å². The Labute approximate surface area is 120 Å². The maximum absolute atomic E-state index is 12.5. The van der Waals surface area contributed by atoms with E-state index < -0.39 is 0 Å². The number of carbonyl (C=O) groups is 1. The highest BCUT2D eigenvalue weighted by Crippen LogP contribution is 2.16. The van der Waals surface area contributed by atoms with Crippen molar-refractivity contribution in [1.29, 1.82) is 0 Å². The second kappa shape index (κ2) is 6.17. The number of hydrogen-bond acceptors (Lipinski definition) is 5. The van der Waals surface area contributed by atoms with Crippen LogP contribution in [0.25, 0.3) is 0 Å². The van der Waals surface area contributed by atoms with E-state index in [1.165, 1.54) is 6.20 Å². The van der Waals surface area contributed by atoms with Gasteiger partial charge >= 0.3 is 0 Å². The van der Waals surface area contributed by atoms with E-state index in [1.807, 2.05) is 18.7 Å². The van der Waals surface area contributed by atoms with Gasteiger partial charge in [-0.15, -0.1) is 0 Å². The number of nitrogens with zero attached hydrogens (tertiary/aromatic N) is 4. The van der Waals surface area contributed by atoms with E-state index in [-0.39, 0.29) is 11.8 Å². The minimum absolute atomic E-state index is 0.0810. The van der Waals surface area contributed by atoms with Crippen molar-refractivity contribution in [2.24, 2.45) is 0 Å². The van der Waals surface area contributed by atoms with Crippen molar-refractivity contribution in [3.63, 3.8) is 0 Å². The molecule has 1 amide bonds. The van der Waals surface area contributed by atoms with Gasteiger partial charge in [-0.3, -0.25) is 4.79 Å². The van der Waals surface area contributed by atoms with Crippen LogP contribution in [0.1, 0.15) is 43.0 Å². The zero-order valence-electron chi connectivity index (χ0n) is 12.5. The second-order valence-electron chi connectivity index (χ2n) is 5.41. The average molecular weight is 277 g/mol. The SMILES string of the molecule is CCN1CCN(C(=O)c2nc(C(C)C)ncc2N)CC1. The van der Waals surface area contributed by atoms with Crippen LogP contribution in [0.4, 0.5) is 5.69 Å². The van der Waals surface area contributed by atoms with Gasteiger partial charge in [-0.2, -0.15) is 0 Å². The molecule has 1 aromatic rings. The molecule has 0 atom stereocenters. The topological polar surface area (TPSA) is 75.3 Å². The van der Waals surface area contributed by atoms with Gasteiger partial charge in [0.1, 0.15) is 5.82 Å². The van der Waals surface area contributed by atoms with Crippen LogP contribution in [0.3, 0.4) is 0 Å². The molecule has 1 aliphatic rings. The lowest BCUT2D eigenvalue weighted by Crippen LogP contribution is -2.48. The molecular weight excluding hydrogens is 254 g/mol. The number of aromatic nitrogens is 2. The predicted molar refractivity (Wildman–Crippen MR) is 78.6 cm³/mol. The standard InChI is InChI=1S/C14H23N5O/c1-4-18-5-7-19(8-6-18)14(20)12-11(15)9-16-13(17-12)10(2)3/h9-10H,4-8,15H2,1-3H3. The Morgan fingerprint density at radius 1 is 1.35 bits per heavy atom. The molecule has 0 aliphatic carbocycles. The van der Waals surface area contributed by atoms with E-state index in [0.29, 0.717) is 17.2 Å². The number of rotatable bonds is 3. The normalized spacial score (nSPS) is 16.7. The van der Waals surface area contributed by atoms with Crippen LogP contribution in [-0.2, 0) is 0 Å². The highest BCUT2D eigenvalue weighted by molar-refractivity contribution is 5.97. The Hall–Kier alpha value is -1.69. The maximum atomic E-state index is 12.5. The average Bonchev–Trinajstić information content (AvgIpc) is 2.47. The van der Waals surface area contributed by atoms with Crippen molar-refractivity contribution in [1.82, 2.24) is 19.8 Å². The molecule has 6 heteroatoms. The van der Waals surface area contributed by atoms with E-state index in [1.54, 1.807) is 0 Å². The first-order valence-electron chi connectivity index (χ1n) is 7.17. The number of likely N-dealkylation sites (N-methyl/N-ethyl adjacent to an activating group) is 1. The minimum Gasteiger partial charge on any atom is -0.396 e. The third kappa shape index (κ3) is 3.07. The lowest BCUT2D eigenvalue weighted by molar-refractivity contribution is 0.0638. The van der Waals surface area contributed by atoms with Gasteiger partial charge in [-0.05, 0) is 6.54 Å². The third-order valence-electron chi connectivity index (χ3n) is 3.66. The maximum Gasteiger partial charge on any atom is 0.274 e. The number of anilines is 1. The summed E-state index contributed by atoms with van der Waals surface area (Å²) in [6.07, 6.45) is 1.54. The van der Waals surface area contributed by atoms with Crippen molar-refractivity contribution in [3.8, 4) is 0 Å². The summed E-state index contributed by atoms with van der Waals surface area (Å²) in [5, 5.41) is 0. The van der Waals surface area contributed by atoms with Crippen molar-refractivity contribution in [2.75, 3.05) is 38.5 Å². The number of hydrogen-bond donors (Lipinski definition) is 1. The molecule has 0 spiro atoms. The Kier molecular flexibility index (Phi) is 4.54. The van der Waals surface area contributed by atoms with E-state index in [0.717, 1.165) is 32.7 Å². The molecule has 1 saturated heterocycles. The van der Waals surface area contributed by atoms with Crippen LogP contribution in [-0.4, -0.2) is 58.4 Å². The third-order valence-corrected chi connectivity index (χ3v) is 3.66. The van der Waals surface area contributed by atoms with Crippen LogP contribution in [0, 0.1) is 0 Å². The fourth-order valence-corrected chi connectivity index (χ4v) is 2.27. The molecule has 1 aromatic heterocycles. The number of nitrogens with two attached hydrogens (primary N) is 1. The van der Waals surface area contributed by atoms with Crippen molar-refractivity contribution in [2.45, 2.75) is 26.7 Å². The molecular formula is C14H23N5O. The summed E-state index contributed by atoms with van der Waals surface area (Å²) in [7, 11) is 0. The Bertz CT molecular complexity index is 480. The molecule has 2 rings (SSSR count). The Morgan fingerprint density at radius 3 is 2.55 bits per heavy atom. The van der Waals surface area contributed by atoms with Gasteiger partial charge < -0.3 is 15.5 Å². The van der Waals surface area contributed by atoms with Crippen LogP contribution >= 0.6 is 0 Å². The molecule has 1 aliphatic heterocycles. The molecule has 2 N–H and O–H groups in total.